The van der Waals surface area contributed by atoms with Crippen molar-refractivity contribution in [2.24, 2.45) is 0 Å². The maximum absolute atomic E-state index is 12.3. The van der Waals surface area contributed by atoms with Crippen LogP contribution in [0.25, 0.3) is 0 Å². The molecule has 1 aromatic heterocycles. The van der Waals surface area contributed by atoms with Crippen LogP contribution >= 0.6 is 0 Å². The fourth-order valence-corrected chi connectivity index (χ4v) is 2.40. The summed E-state index contributed by atoms with van der Waals surface area (Å²) >= 11 is 0. The van der Waals surface area contributed by atoms with E-state index in [4.69, 9.17) is 4.52 Å². The summed E-state index contributed by atoms with van der Waals surface area (Å²) in [5.74, 6) is 1.06. The number of nitrogens with zero attached hydrogens (tertiary/aromatic N) is 3. The van der Waals surface area contributed by atoms with Crippen molar-refractivity contribution in [3.63, 3.8) is 0 Å². The minimum absolute atomic E-state index is 0.187. The summed E-state index contributed by atoms with van der Waals surface area (Å²) in [5.41, 5.74) is -0.187. The predicted molar refractivity (Wildman–Crippen MR) is 75.5 cm³/mol. The zero-order chi connectivity index (χ0) is 15.1. The van der Waals surface area contributed by atoms with Gasteiger partial charge in [-0.3, -0.25) is 0 Å². The minimum atomic E-state index is -0.884. The molecule has 20 heavy (non-hydrogen) atoms. The van der Waals surface area contributed by atoms with Gasteiger partial charge in [-0.05, 0) is 6.42 Å². The second-order valence-electron chi connectivity index (χ2n) is 6.33. The molecular weight excluding hydrogens is 258 g/mol. The second-order valence-corrected chi connectivity index (χ2v) is 6.33. The second kappa shape index (κ2) is 5.09. The Morgan fingerprint density at radius 2 is 2.10 bits per heavy atom. The summed E-state index contributed by atoms with van der Waals surface area (Å²) in [4.78, 5) is 15.1. The van der Waals surface area contributed by atoms with Crippen LogP contribution in [0.5, 0.6) is 0 Å². The summed E-state index contributed by atoms with van der Waals surface area (Å²) in [6.45, 7) is 8.05. The average molecular weight is 281 g/mol. The number of hydrogen-bond donors (Lipinski definition) is 1. The van der Waals surface area contributed by atoms with Gasteiger partial charge in [0.15, 0.2) is 12.0 Å². The van der Waals surface area contributed by atoms with Gasteiger partial charge in [0.25, 0.3) is 0 Å². The van der Waals surface area contributed by atoms with Gasteiger partial charge in [0.1, 0.15) is 5.76 Å². The number of urea groups is 1. The number of rotatable bonds is 3. The molecule has 0 radical (unpaired) electrons. The monoisotopic (exact) mass is 281 g/mol. The van der Waals surface area contributed by atoms with Gasteiger partial charge < -0.3 is 14.5 Å². The van der Waals surface area contributed by atoms with Crippen LogP contribution in [0.1, 0.15) is 46.3 Å². The van der Waals surface area contributed by atoms with Crippen molar-refractivity contribution < 1.29 is 14.4 Å². The van der Waals surface area contributed by atoms with Crippen LogP contribution in [0.15, 0.2) is 10.6 Å². The number of anilines is 1. The van der Waals surface area contributed by atoms with Crippen molar-refractivity contribution in [3.05, 3.63) is 11.8 Å². The third-order valence-electron chi connectivity index (χ3n) is 3.68. The first-order valence-corrected chi connectivity index (χ1v) is 6.98. The number of carbonyl (C=O) groups excluding carboxylic acids is 1. The lowest BCUT2D eigenvalue weighted by Gasteiger charge is -2.20. The maximum atomic E-state index is 12.3. The molecular formula is C14H23N3O3. The van der Waals surface area contributed by atoms with Crippen LogP contribution in [0, 0.1) is 0 Å². The molecule has 1 aliphatic rings. The molecule has 2 amide bonds. The molecule has 1 unspecified atom stereocenters. The van der Waals surface area contributed by atoms with Gasteiger partial charge in [-0.2, -0.15) is 0 Å². The molecule has 0 aromatic carbocycles. The zero-order valence-corrected chi connectivity index (χ0v) is 12.8. The lowest BCUT2D eigenvalue weighted by Crippen LogP contribution is -2.36. The molecule has 6 nitrogen and oxygen atoms in total. The summed E-state index contributed by atoms with van der Waals surface area (Å²) in [7, 11) is 1.70. The highest BCUT2D eigenvalue weighted by atomic mass is 16.5. The van der Waals surface area contributed by atoms with Crippen molar-refractivity contribution in [3.8, 4) is 0 Å². The van der Waals surface area contributed by atoms with Crippen molar-refractivity contribution in [1.29, 1.82) is 0 Å². The van der Waals surface area contributed by atoms with Crippen molar-refractivity contribution in [2.45, 2.75) is 58.2 Å². The van der Waals surface area contributed by atoms with E-state index in [0.29, 0.717) is 11.6 Å². The maximum Gasteiger partial charge on any atom is 0.328 e. The Kier molecular flexibility index (Phi) is 3.77. The molecule has 112 valence electrons. The van der Waals surface area contributed by atoms with Crippen molar-refractivity contribution in [2.75, 3.05) is 11.9 Å². The summed E-state index contributed by atoms with van der Waals surface area (Å²) in [6.07, 6.45) is 0.772. The van der Waals surface area contributed by atoms with Gasteiger partial charge in [-0.1, -0.05) is 39.3 Å². The normalized spacial score (nSPS) is 23.8. The topological polar surface area (TPSA) is 69.8 Å². The van der Waals surface area contributed by atoms with Crippen LogP contribution in [-0.4, -0.2) is 40.5 Å². The molecule has 1 saturated heterocycles. The molecule has 0 aliphatic carbocycles. The summed E-state index contributed by atoms with van der Waals surface area (Å²) in [6, 6.07) is 1.27. The zero-order valence-electron chi connectivity index (χ0n) is 12.8. The summed E-state index contributed by atoms with van der Waals surface area (Å²) < 4.78 is 5.30. The molecule has 0 spiro atoms. The molecule has 1 aromatic rings. The molecule has 2 heterocycles. The molecule has 2 rings (SSSR count). The van der Waals surface area contributed by atoms with E-state index >= 15 is 0 Å². The number of likely N-dealkylation sites (N-methyl/N-ethyl adjacent to an activating group) is 1. The van der Waals surface area contributed by atoms with E-state index in [1.54, 1.807) is 18.0 Å². The fourth-order valence-electron chi connectivity index (χ4n) is 2.40. The fraction of sp³-hybridized carbons (Fsp3) is 0.714. The number of amides is 2. The van der Waals surface area contributed by atoms with Crippen LogP contribution in [0.2, 0.25) is 0 Å². The SMILES string of the molecule is CCC[C@@H]1C(O)N(c2cc(C(C)(C)C)on2)C(=O)N1C. The van der Waals surface area contributed by atoms with Gasteiger partial charge in [-0.25, -0.2) is 9.69 Å². The Hall–Kier alpha value is -1.56. The van der Waals surface area contributed by atoms with E-state index in [-0.39, 0.29) is 17.5 Å². The molecule has 6 heteroatoms. The number of aliphatic hydroxyl groups excluding tert-OH is 1. The largest absolute Gasteiger partial charge is 0.371 e. The third-order valence-corrected chi connectivity index (χ3v) is 3.68. The van der Waals surface area contributed by atoms with Crippen molar-refractivity contribution in [1.82, 2.24) is 10.1 Å². The minimum Gasteiger partial charge on any atom is -0.371 e. The highest BCUT2D eigenvalue weighted by Crippen LogP contribution is 2.31. The van der Waals surface area contributed by atoms with Gasteiger partial charge in [0.05, 0.1) is 6.04 Å². The smallest absolute Gasteiger partial charge is 0.328 e. The molecule has 2 atom stereocenters. The Labute approximate surface area is 119 Å². The molecule has 1 aliphatic heterocycles. The Balaban J connectivity index is 2.28. The van der Waals surface area contributed by atoms with E-state index in [1.165, 1.54) is 4.90 Å². The van der Waals surface area contributed by atoms with Crippen LogP contribution in [0.4, 0.5) is 10.6 Å². The molecule has 0 bridgehead atoms. The Morgan fingerprint density at radius 1 is 1.45 bits per heavy atom. The van der Waals surface area contributed by atoms with Gasteiger partial charge in [-0.15, -0.1) is 0 Å². The highest BCUT2D eigenvalue weighted by molar-refractivity contribution is 5.94. The number of aliphatic hydroxyl groups is 1. The van der Waals surface area contributed by atoms with Crippen LogP contribution in [0.3, 0.4) is 0 Å². The Bertz CT molecular complexity index is 492. The first-order valence-electron chi connectivity index (χ1n) is 6.98. The van der Waals surface area contributed by atoms with Crippen molar-refractivity contribution >= 4 is 11.8 Å². The molecule has 1 N–H and O–H groups in total. The first kappa shape index (κ1) is 14.8. The summed E-state index contributed by atoms with van der Waals surface area (Å²) in [5, 5.41) is 14.3. The first-order chi connectivity index (χ1) is 9.27. The van der Waals surface area contributed by atoms with Crippen LogP contribution < -0.4 is 4.90 Å². The van der Waals surface area contributed by atoms with E-state index in [2.05, 4.69) is 5.16 Å². The molecule has 0 saturated carbocycles. The lowest BCUT2D eigenvalue weighted by atomic mass is 9.93. The lowest BCUT2D eigenvalue weighted by molar-refractivity contribution is 0.122. The van der Waals surface area contributed by atoms with Gasteiger partial charge >= 0.3 is 6.03 Å². The number of carbonyl (C=O) groups is 1. The Morgan fingerprint density at radius 3 is 2.60 bits per heavy atom. The number of aromatic nitrogens is 1. The third kappa shape index (κ3) is 2.40. The van der Waals surface area contributed by atoms with E-state index in [9.17, 15) is 9.90 Å². The molecule has 1 fully saturated rings. The quantitative estimate of drug-likeness (QED) is 0.923. The van der Waals surface area contributed by atoms with Crippen LogP contribution in [-0.2, 0) is 5.41 Å². The van der Waals surface area contributed by atoms with E-state index in [0.717, 1.165) is 12.8 Å². The average Bonchev–Trinajstić information content (AvgIpc) is 2.90. The van der Waals surface area contributed by atoms with Gasteiger partial charge in [0.2, 0.25) is 0 Å². The number of hydrogen-bond acceptors (Lipinski definition) is 4. The highest BCUT2D eigenvalue weighted by Gasteiger charge is 2.44. The standard InChI is InChI=1S/C14H23N3O3/c1-6-7-9-12(18)17(13(19)16(9)5)11-8-10(20-15-11)14(2,3)4/h8-9,12,18H,6-7H2,1-5H3/t9-,12?/m1/s1. The predicted octanol–water partition coefficient (Wildman–Crippen LogP) is 2.33. The van der Waals surface area contributed by atoms with Gasteiger partial charge in [0, 0.05) is 18.5 Å². The van der Waals surface area contributed by atoms with E-state index < -0.39 is 6.23 Å². The van der Waals surface area contributed by atoms with E-state index in [1.807, 2.05) is 27.7 Å².